The van der Waals surface area contributed by atoms with Gasteiger partial charge >= 0.3 is 11.7 Å². The normalized spacial score (nSPS) is 9.85. The quantitative estimate of drug-likeness (QED) is 0.466. The Bertz CT molecular complexity index is 642. The van der Waals surface area contributed by atoms with Crippen LogP contribution in [0.1, 0.15) is 10.4 Å². The van der Waals surface area contributed by atoms with Crippen LogP contribution in [0.5, 0.6) is 17.5 Å². The molecule has 2 aromatic rings. The van der Waals surface area contributed by atoms with E-state index in [0.717, 1.165) is 12.4 Å². The lowest BCUT2D eigenvalue weighted by molar-refractivity contribution is -0.385. The number of methoxy groups -OCH3 is 1. The number of aldehydes is 1. The molecule has 0 aliphatic rings. The summed E-state index contributed by atoms with van der Waals surface area (Å²) in [6, 6.07) is 4.49. The summed E-state index contributed by atoms with van der Waals surface area (Å²) in [4.78, 5) is 28.0. The van der Waals surface area contributed by atoms with Gasteiger partial charge < -0.3 is 9.47 Å². The number of ether oxygens (including phenoxy) is 2. The highest BCUT2D eigenvalue weighted by molar-refractivity contribution is 5.76. The van der Waals surface area contributed by atoms with Gasteiger partial charge in [-0.05, 0) is 18.2 Å². The Kier molecular flexibility index (Phi) is 3.85. The Morgan fingerprint density at radius 2 is 1.95 bits per heavy atom. The SMILES string of the molecule is COc1ccc(C=O)cc1Oc1ncc([N+](=O)[O-])cn1. The molecule has 0 unspecified atom stereocenters. The van der Waals surface area contributed by atoms with Gasteiger partial charge in [-0.3, -0.25) is 14.9 Å². The molecule has 8 heteroatoms. The van der Waals surface area contributed by atoms with Crippen LogP contribution in [0, 0.1) is 10.1 Å². The predicted molar refractivity (Wildman–Crippen MR) is 67.1 cm³/mol. The van der Waals surface area contributed by atoms with Gasteiger partial charge in [0, 0.05) is 5.56 Å². The molecule has 0 fully saturated rings. The molecule has 0 amide bonds. The third-order valence-corrected chi connectivity index (χ3v) is 2.35. The van der Waals surface area contributed by atoms with Crippen LogP contribution in [0.3, 0.4) is 0 Å². The first kappa shape index (κ1) is 13.4. The number of hydrogen-bond acceptors (Lipinski definition) is 7. The summed E-state index contributed by atoms with van der Waals surface area (Å²) >= 11 is 0. The average Bonchev–Trinajstić information content (AvgIpc) is 2.47. The van der Waals surface area contributed by atoms with Crippen molar-refractivity contribution in [2.75, 3.05) is 7.11 Å². The Balaban J connectivity index is 2.28. The van der Waals surface area contributed by atoms with Crippen molar-refractivity contribution in [3.63, 3.8) is 0 Å². The first-order chi connectivity index (χ1) is 9.63. The van der Waals surface area contributed by atoms with E-state index in [2.05, 4.69) is 9.97 Å². The zero-order valence-corrected chi connectivity index (χ0v) is 10.3. The monoisotopic (exact) mass is 275 g/mol. The Morgan fingerprint density at radius 3 is 2.50 bits per heavy atom. The van der Waals surface area contributed by atoms with Crippen molar-refractivity contribution in [3.8, 4) is 17.5 Å². The molecule has 0 radical (unpaired) electrons. The molecular formula is C12H9N3O5. The highest BCUT2D eigenvalue weighted by atomic mass is 16.6. The zero-order chi connectivity index (χ0) is 14.5. The van der Waals surface area contributed by atoms with Crippen molar-refractivity contribution >= 4 is 12.0 Å². The molecule has 102 valence electrons. The third kappa shape index (κ3) is 2.86. The number of carbonyl (C=O) groups excluding carboxylic acids is 1. The summed E-state index contributed by atoms with van der Waals surface area (Å²) in [6.45, 7) is 0. The maximum atomic E-state index is 10.7. The van der Waals surface area contributed by atoms with E-state index in [1.54, 1.807) is 12.1 Å². The molecule has 0 atom stereocenters. The number of carbonyl (C=O) groups is 1. The Hall–Kier alpha value is -3.03. The van der Waals surface area contributed by atoms with Crippen LogP contribution in [0.25, 0.3) is 0 Å². The number of nitrogens with zero attached hydrogens (tertiary/aromatic N) is 3. The molecule has 2 rings (SSSR count). The van der Waals surface area contributed by atoms with Crippen molar-refractivity contribution in [1.29, 1.82) is 0 Å². The number of hydrogen-bond donors (Lipinski definition) is 0. The van der Waals surface area contributed by atoms with E-state index in [1.807, 2.05) is 0 Å². The van der Waals surface area contributed by atoms with Crippen molar-refractivity contribution in [2.24, 2.45) is 0 Å². The fourth-order valence-corrected chi connectivity index (χ4v) is 1.40. The van der Waals surface area contributed by atoms with Crippen LogP contribution in [0.15, 0.2) is 30.6 Å². The largest absolute Gasteiger partial charge is 0.493 e. The van der Waals surface area contributed by atoms with Gasteiger partial charge in [0.15, 0.2) is 11.5 Å². The molecular weight excluding hydrogens is 266 g/mol. The molecule has 1 aromatic heterocycles. The Labute approximate surface area is 113 Å². The van der Waals surface area contributed by atoms with Gasteiger partial charge in [-0.25, -0.2) is 0 Å². The number of aromatic nitrogens is 2. The standard InChI is InChI=1S/C12H9N3O5/c1-19-10-3-2-8(7-16)4-11(10)20-12-13-5-9(6-14-12)15(17)18/h2-7H,1H3. The lowest BCUT2D eigenvalue weighted by Crippen LogP contribution is -1.97. The molecule has 0 spiro atoms. The van der Waals surface area contributed by atoms with Gasteiger partial charge in [-0.2, -0.15) is 9.97 Å². The smallest absolute Gasteiger partial charge is 0.322 e. The number of benzene rings is 1. The average molecular weight is 275 g/mol. The molecule has 8 nitrogen and oxygen atoms in total. The first-order valence-electron chi connectivity index (χ1n) is 5.41. The predicted octanol–water partition coefficient (Wildman–Crippen LogP) is 2.00. The molecule has 0 bridgehead atoms. The van der Waals surface area contributed by atoms with Crippen molar-refractivity contribution in [2.45, 2.75) is 0 Å². The fourth-order valence-electron chi connectivity index (χ4n) is 1.40. The van der Waals surface area contributed by atoms with E-state index in [-0.39, 0.29) is 17.4 Å². The second kappa shape index (κ2) is 5.74. The molecule has 0 aliphatic carbocycles. The van der Waals surface area contributed by atoms with Crippen molar-refractivity contribution in [3.05, 3.63) is 46.3 Å². The molecule has 0 saturated carbocycles. The van der Waals surface area contributed by atoms with Gasteiger partial charge in [0.1, 0.15) is 18.7 Å². The van der Waals surface area contributed by atoms with E-state index in [0.29, 0.717) is 17.6 Å². The summed E-state index contributed by atoms with van der Waals surface area (Å²) in [5, 5.41) is 10.5. The summed E-state index contributed by atoms with van der Waals surface area (Å²) in [5.74, 6) is 0.628. The van der Waals surface area contributed by atoms with Crippen molar-refractivity contribution in [1.82, 2.24) is 9.97 Å². The molecule has 0 aliphatic heterocycles. The van der Waals surface area contributed by atoms with E-state index >= 15 is 0 Å². The third-order valence-electron chi connectivity index (χ3n) is 2.35. The van der Waals surface area contributed by atoms with E-state index < -0.39 is 4.92 Å². The van der Waals surface area contributed by atoms with Crippen LogP contribution < -0.4 is 9.47 Å². The molecule has 20 heavy (non-hydrogen) atoms. The number of nitro groups is 1. The van der Waals surface area contributed by atoms with E-state index in [4.69, 9.17) is 9.47 Å². The van der Waals surface area contributed by atoms with Gasteiger partial charge in [0.25, 0.3) is 0 Å². The topological polar surface area (TPSA) is 104 Å². The fraction of sp³-hybridized carbons (Fsp3) is 0.0833. The van der Waals surface area contributed by atoms with E-state index in [1.165, 1.54) is 13.2 Å². The number of rotatable bonds is 5. The van der Waals surface area contributed by atoms with Crippen LogP contribution in [0.4, 0.5) is 5.69 Å². The van der Waals surface area contributed by atoms with E-state index in [9.17, 15) is 14.9 Å². The summed E-state index contributed by atoms with van der Waals surface area (Å²) in [7, 11) is 1.44. The summed E-state index contributed by atoms with van der Waals surface area (Å²) in [6.07, 6.45) is 2.71. The van der Waals surface area contributed by atoms with Crippen LogP contribution in [-0.2, 0) is 0 Å². The minimum absolute atomic E-state index is 0.0862. The van der Waals surface area contributed by atoms with Crippen LogP contribution in [-0.4, -0.2) is 28.3 Å². The second-order valence-electron chi connectivity index (χ2n) is 3.61. The van der Waals surface area contributed by atoms with Gasteiger partial charge in [0.2, 0.25) is 0 Å². The lowest BCUT2D eigenvalue weighted by atomic mass is 10.2. The molecule has 1 aromatic carbocycles. The summed E-state index contributed by atoms with van der Waals surface area (Å²) in [5.41, 5.74) is 0.147. The highest BCUT2D eigenvalue weighted by Crippen LogP contribution is 2.30. The minimum Gasteiger partial charge on any atom is -0.493 e. The van der Waals surface area contributed by atoms with Crippen LogP contribution >= 0.6 is 0 Å². The first-order valence-corrected chi connectivity index (χ1v) is 5.41. The van der Waals surface area contributed by atoms with Gasteiger partial charge in [0.05, 0.1) is 12.0 Å². The second-order valence-corrected chi connectivity index (χ2v) is 3.61. The van der Waals surface area contributed by atoms with Crippen LogP contribution in [0.2, 0.25) is 0 Å². The van der Waals surface area contributed by atoms with Gasteiger partial charge in [-0.15, -0.1) is 0 Å². The molecule has 1 heterocycles. The van der Waals surface area contributed by atoms with Crippen molar-refractivity contribution < 1.29 is 19.2 Å². The Morgan fingerprint density at radius 1 is 1.25 bits per heavy atom. The molecule has 0 saturated heterocycles. The highest BCUT2D eigenvalue weighted by Gasteiger charge is 2.11. The summed E-state index contributed by atoms with van der Waals surface area (Å²) < 4.78 is 10.4. The molecule has 0 N–H and O–H groups in total. The minimum atomic E-state index is -0.614. The maximum Gasteiger partial charge on any atom is 0.322 e. The zero-order valence-electron chi connectivity index (χ0n) is 10.3. The lowest BCUT2D eigenvalue weighted by Gasteiger charge is -2.08. The maximum absolute atomic E-state index is 10.7. The van der Waals surface area contributed by atoms with Gasteiger partial charge in [-0.1, -0.05) is 0 Å².